The second kappa shape index (κ2) is 6.43. The minimum atomic E-state index is -3.47. The molecule has 0 unspecified atom stereocenters. The van der Waals surface area contributed by atoms with Crippen molar-refractivity contribution in [2.24, 2.45) is 5.14 Å². The van der Waals surface area contributed by atoms with Crippen LogP contribution >= 0.6 is 11.3 Å². The molecular weight excluding hydrogens is 332 g/mol. The van der Waals surface area contributed by atoms with Crippen molar-refractivity contribution in [1.29, 1.82) is 0 Å². The second-order valence-corrected chi connectivity index (χ2v) is 8.38. The van der Waals surface area contributed by atoms with Gasteiger partial charge in [-0.15, -0.1) is 11.3 Å². The van der Waals surface area contributed by atoms with Gasteiger partial charge in [0.05, 0.1) is 10.6 Å². The lowest BCUT2D eigenvalue weighted by molar-refractivity contribution is 0.0957. The summed E-state index contributed by atoms with van der Waals surface area (Å²) in [5.41, 5.74) is 3.75. The summed E-state index contributed by atoms with van der Waals surface area (Å²) in [6.45, 7) is 0.300. The number of carbonyl (C=O) groups excluding carboxylic acids is 1. The maximum Gasteiger partial charge on any atom is 0.261 e. The molecule has 1 aromatic carbocycles. The standard InChI is InChI=1S/C16H18N2O3S2/c17-23(20,21)9-3-8-18-16(19)14-10-12-7-6-11-4-1-2-5-13(11)15(12)22-14/h1-2,4-5,10H,3,6-9H2,(H,18,19)(H2,17,20,21). The van der Waals surface area contributed by atoms with Crippen LogP contribution in [0.15, 0.2) is 30.3 Å². The van der Waals surface area contributed by atoms with Crippen molar-refractivity contribution in [1.82, 2.24) is 5.32 Å². The fraction of sp³-hybridized carbons (Fsp3) is 0.312. The number of primary sulfonamides is 1. The van der Waals surface area contributed by atoms with Gasteiger partial charge in [0.2, 0.25) is 10.0 Å². The first-order valence-electron chi connectivity index (χ1n) is 7.44. The van der Waals surface area contributed by atoms with Crippen molar-refractivity contribution in [2.75, 3.05) is 12.3 Å². The highest BCUT2D eigenvalue weighted by atomic mass is 32.2. The molecule has 23 heavy (non-hydrogen) atoms. The molecule has 0 spiro atoms. The predicted octanol–water partition coefficient (Wildman–Crippen LogP) is 1.92. The lowest BCUT2D eigenvalue weighted by Crippen LogP contribution is -2.26. The Bertz CT molecular complexity index is 841. The number of rotatable bonds is 5. The molecule has 0 atom stereocenters. The van der Waals surface area contributed by atoms with Crippen molar-refractivity contribution in [2.45, 2.75) is 19.3 Å². The topological polar surface area (TPSA) is 89.3 Å². The number of nitrogens with two attached hydrogens (primary N) is 1. The molecule has 1 aromatic heterocycles. The Balaban J connectivity index is 1.69. The number of hydrogen-bond donors (Lipinski definition) is 2. The van der Waals surface area contributed by atoms with E-state index in [4.69, 9.17) is 5.14 Å². The van der Waals surface area contributed by atoms with E-state index in [0.29, 0.717) is 17.8 Å². The van der Waals surface area contributed by atoms with Gasteiger partial charge < -0.3 is 5.32 Å². The van der Waals surface area contributed by atoms with Gasteiger partial charge in [0, 0.05) is 11.4 Å². The van der Waals surface area contributed by atoms with E-state index in [0.717, 1.165) is 12.8 Å². The Labute approximate surface area is 139 Å². The number of amides is 1. The lowest BCUT2D eigenvalue weighted by atomic mass is 9.91. The highest BCUT2D eigenvalue weighted by Gasteiger charge is 2.21. The molecule has 1 aliphatic carbocycles. The Morgan fingerprint density at radius 3 is 2.74 bits per heavy atom. The molecule has 122 valence electrons. The first kappa shape index (κ1) is 16.2. The molecule has 0 bridgehead atoms. The molecule has 0 aliphatic heterocycles. The molecule has 1 aliphatic rings. The first-order chi connectivity index (χ1) is 10.9. The average molecular weight is 350 g/mol. The zero-order valence-electron chi connectivity index (χ0n) is 12.5. The fourth-order valence-electron chi connectivity index (χ4n) is 2.75. The van der Waals surface area contributed by atoms with Crippen LogP contribution in [0.5, 0.6) is 0 Å². The van der Waals surface area contributed by atoms with E-state index >= 15 is 0 Å². The maximum absolute atomic E-state index is 12.2. The van der Waals surface area contributed by atoms with Gasteiger partial charge in [-0.25, -0.2) is 13.6 Å². The van der Waals surface area contributed by atoms with E-state index in [1.165, 1.54) is 32.9 Å². The minimum Gasteiger partial charge on any atom is -0.351 e. The summed E-state index contributed by atoms with van der Waals surface area (Å²) >= 11 is 1.49. The average Bonchev–Trinajstić information content (AvgIpc) is 2.95. The SMILES string of the molecule is NS(=O)(=O)CCCNC(=O)c1cc2c(s1)-c1ccccc1CC2. The molecule has 0 saturated carbocycles. The Morgan fingerprint density at radius 1 is 1.22 bits per heavy atom. The Kier molecular flexibility index (Phi) is 4.52. The fourth-order valence-corrected chi connectivity index (χ4v) is 4.48. The van der Waals surface area contributed by atoms with Crippen molar-refractivity contribution in [3.8, 4) is 10.4 Å². The van der Waals surface area contributed by atoms with Gasteiger partial charge >= 0.3 is 0 Å². The molecule has 0 radical (unpaired) electrons. The van der Waals surface area contributed by atoms with E-state index in [1.807, 2.05) is 18.2 Å². The highest BCUT2D eigenvalue weighted by Crippen LogP contribution is 2.39. The van der Waals surface area contributed by atoms with Crippen LogP contribution in [-0.4, -0.2) is 26.6 Å². The molecule has 0 fully saturated rings. The molecule has 2 aromatic rings. The molecule has 1 amide bonds. The van der Waals surface area contributed by atoms with Gasteiger partial charge in [-0.05, 0) is 42.0 Å². The molecule has 5 nitrogen and oxygen atoms in total. The summed E-state index contributed by atoms with van der Waals surface area (Å²) in [6.07, 6.45) is 2.26. The summed E-state index contributed by atoms with van der Waals surface area (Å²) < 4.78 is 21.7. The number of carbonyl (C=O) groups is 1. The minimum absolute atomic E-state index is 0.123. The van der Waals surface area contributed by atoms with Crippen LogP contribution < -0.4 is 10.5 Å². The summed E-state index contributed by atoms with van der Waals surface area (Å²) in [6, 6.07) is 10.2. The third kappa shape index (κ3) is 3.80. The van der Waals surface area contributed by atoms with Gasteiger partial charge in [0.15, 0.2) is 0 Å². The predicted molar refractivity (Wildman–Crippen MR) is 92.1 cm³/mol. The van der Waals surface area contributed by atoms with Crippen molar-refractivity contribution in [3.05, 3.63) is 46.3 Å². The summed E-state index contributed by atoms with van der Waals surface area (Å²) in [7, 11) is -3.47. The molecule has 3 rings (SSSR count). The number of thiophene rings is 1. The van der Waals surface area contributed by atoms with E-state index in [9.17, 15) is 13.2 Å². The summed E-state index contributed by atoms with van der Waals surface area (Å²) in [5.74, 6) is -0.280. The van der Waals surface area contributed by atoms with Crippen LogP contribution in [0.3, 0.4) is 0 Å². The number of aryl methyl sites for hydroxylation is 2. The number of fused-ring (bicyclic) bond motifs is 3. The normalized spacial score (nSPS) is 13.3. The summed E-state index contributed by atoms with van der Waals surface area (Å²) in [4.78, 5) is 14.1. The van der Waals surface area contributed by atoms with Crippen molar-refractivity contribution in [3.63, 3.8) is 0 Å². The summed E-state index contributed by atoms with van der Waals surface area (Å²) in [5, 5.41) is 7.69. The zero-order valence-corrected chi connectivity index (χ0v) is 14.2. The van der Waals surface area contributed by atoms with Crippen molar-refractivity contribution >= 4 is 27.3 Å². The molecule has 0 saturated heterocycles. The number of sulfonamides is 1. The van der Waals surface area contributed by atoms with E-state index in [-0.39, 0.29) is 11.7 Å². The third-order valence-corrected chi connectivity index (χ3v) is 5.92. The lowest BCUT2D eigenvalue weighted by Gasteiger charge is -2.15. The zero-order chi connectivity index (χ0) is 16.4. The van der Waals surface area contributed by atoms with Crippen LogP contribution in [0.1, 0.15) is 27.2 Å². The molecule has 3 N–H and O–H groups in total. The van der Waals surface area contributed by atoms with E-state index in [1.54, 1.807) is 0 Å². The quantitative estimate of drug-likeness (QED) is 0.808. The monoisotopic (exact) mass is 350 g/mol. The van der Waals surface area contributed by atoms with Crippen LogP contribution in [0.2, 0.25) is 0 Å². The van der Waals surface area contributed by atoms with Gasteiger partial charge in [-0.2, -0.15) is 0 Å². The second-order valence-electron chi connectivity index (χ2n) is 5.60. The molecule has 7 heteroatoms. The van der Waals surface area contributed by atoms with E-state index < -0.39 is 10.0 Å². The Morgan fingerprint density at radius 2 is 1.96 bits per heavy atom. The van der Waals surface area contributed by atoms with Crippen LogP contribution in [0.25, 0.3) is 10.4 Å². The van der Waals surface area contributed by atoms with Crippen LogP contribution in [-0.2, 0) is 22.9 Å². The largest absolute Gasteiger partial charge is 0.351 e. The van der Waals surface area contributed by atoms with Gasteiger partial charge in [0.1, 0.15) is 0 Å². The molecular formula is C16H18N2O3S2. The van der Waals surface area contributed by atoms with Crippen LogP contribution in [0, 0.1) is 0 Å². The number of nitrogens with one attached hydrogen (secondary N) is 1. The highest BCUT2D eigenvalue weighted by molar-refractivity contribution is 7.89. The van der Waals surface area contributed by atoms with Gasteiger partial charge in [0.25, 0.3) is 5.91 Å². The van der Waals surface area contributed by atoms with Crippen molar-refractivity contribution < 1.29 is 13.2 Å². The number of benzene rings is 1. The van der Waals surface area contributed by atoms with Gasteiger partial charge in [-0.1, -0.05) is 24.3 Å². The molecule has 1 heterocycles. The van der Waals surface area contributed by atoms with E-state index in [2.05, 4.69) is 17.4 Å². The maximum atomic E-state index is 12.2. The smallest absolute Gasteiger partial charge is 0.261 e. The van der Waals surface area contributed by atoms with Crippen LogP contribution in [0.4, 0.5) is 0 Å². The number of hydrogen-bond acceptors (Lipinski definition) is 4. The Hall–Kier alpha value is -1.70. The first-order valence-corrected chi connectivity index (χ1v) is 9.97. The van der Waals surface area contributed by atoms with Gasteiger partial charge in [-0.3, -0.25) is 4.79 Å². The third-order valence-electron chi connectivity index (χ3n) is 3.85.